The molecule has 2 aromatic rings. The van der Waals surface area contributed by atoms with E-state index in [0.717, 1.165) is 10.4 Å². The number of carbonyl (C=O) groups is 1. The Morgan fingerprint density at radius 2 is 1.50 bits per heavy atom. The number of rotatable bonds is 7. The zero-order valence-electron chi connectivity index (χ0n) is 17.9. The van der Waals surface area contributed by atoms with Gasteiger partial charge in [0.1, 0.15) is 6.61 Å². The fraction of sp³-hybridized carbons (Fsp3) is 0.435. The van der Waals surface area contributed by atoms with Crippen molar-refractivity contribution in [2.75, 3.05) is 13.2 Å². The van der Waals surface area contributed by atoms with Gasteiger partial charge in [-0.2, -0.15) is 0 Å². The summed E-state index contributed by atoms with van der Waals surface area (Å²) in [6.07, 6.45) is -3.21. The van der Waals surface area contributed by atoms with E-state index in [1.54, 1.807) is 6.92 Å². The average Bonchev–Trinajstić information content (AvgIpc) is 2.93. The lowest BCUT2D eigenvalue weighted by molar-refractivity contribution is -0.255. The molecule has 6 nitrogen and oxygen atoms in total. The van der Waals surface area contributed by atoms with Crippen LogP contribution >= 0.6 is 0 Å². The number of aliphatic hydroxyl groups is 2. The minimum Gasteiger partial charge on any atom is -0.425 e. The molecule has 162 valence electrons. The van der Waals surface area contributed by atoms with Gasteiger partial charge < -0.3 is 24.1 Å². The zero-order chi connectivity index (χ0) is 22.0. The number of ether oxygens (including phenoxy) is 2. The molecule has 2 aromatic carbocycles. The van der Waals surface area contributed by atoms with Crippen LogP contribution in [0.25, 0.3) is 0 Å². The average molecular weight is 431 g/mol. The van der Waals surface area contributed by atoms with Crippen molar-refractivity contribution in [2.24, 2.45) is 0 Å². The van der Waals surface area contributed by atoms with Gasteiger partial charge in [0.2, 0.25) is 0 Å². The standard InChI is InChI=1S/C23H30O6Si/c1-5-27-23(20(25)19(24)21(26)29-23)16-28-30(22(2,3)4,17-12-8-6-9-13-17)18-14-10-7-11-15-18/h6-15,19-20,24-25H,5,16H2,1-4H3/t19?,20?,23-/m1/s1. The number of carbonyl (C=O) groups excluding carboxylic acids is 1. The fourth-order valence-corrected chi connectivity index (χ4v) is 8.72. The van der Waals surface area contributed by atoms with E-state index in [1.807, 2.05) is 60.7 Å². The van der Waals surface area contributed by atoms with E-state index in [4.69, 9.17) is 13.9 Å². The Morgan fingerprint density at radius 3 is 1.87 bits per heavy atom. The maximum absolute atomic E-state index is 12.0. The Labute approximate surface area is 178 Å². The van der Waals surface area contributed by atoms with Crippen LogP contribution in [0.3, 0.4) is 0 Å². The molecule has 7 heteroatoms. The third-order valence-electron chi connectivity index (χ3n) is 5.56. The molecule has 1 fully saturated rings. The van der Waals surface area contributed by atoms with Gasteiger partial charge in [0.15, 0.2) is 12.2 Å². The number of hydrogen-bond donors (Lipinski definition) is 2. The number of benzene rings is 2. The molecule has 0 amide bonds. The van der Waals surface area contributed by atoms with Gasteiger partial charge >= 0.3 is 5.97 Å². The predicted molar refractivity (Wildman–Crippen MR) is 116 cm³/mol. The van der Waals surface area contributed by atoms with Crippen LogP contribution in [-0.2, 0) is 18.7 Å². The highest BCUT2D eigenvalue weighted by Gasteiger charge is 2.59. The number of aliphatic hydroxyl groups excluding tert-OH is 2. The fourth-order valence-electron chi connectivity index (χ4n) is 4.15. The molecule has 3 atom stereocenters. The van der Waals surface area contributed by atoms with Gasteiger partial charge in [-0.05, 0) is 22.3 Å². The van der Waals surface area contributed by atoms with Crippen LogP contribution in [0.5, 0.6) is 0 Å². The van der Waals surface area contributed by atoms with Gasteiger partial charge in [0.05, 0.1) is 0 Å². The molecule has 1 saturated heterocycles. The van der Waals surface area contributed by atoms with Crippen molar-refractivity contribution in [2.45, 2.75) is 50.7 Å². The first kappa shape index (κ1) is 22.6. The summed E-state index contributed by atoms with van der Waals surface area (Å²) in [4.78, 5) is 12.0. The van der Waals surface area contributed by atoms with Gasteiger partial charge in [0.25, 0.3) is 14.1 Å². The summed E-state index contributed by atoms with van der Waals surface area (Å²) in [5.41, 5.74) is 0. The Balaban J connectivity index is 2.11. The SMILES string of the molecule is CCO[C@]1(CO[Si](c2ccccc2)(c2ccccc2)C(C)(C)C)OC(=O)C(O)C1O. The largest absolute Gasteiger partial charge is 0.425 e. The monoisotopic (exact) mass is 430 g/mol. The molecular formula is C23H30O6Si. The van der Waals surface area contributed by atoms with E-state index in [0.29, 0.717) is 0 Å². The third-order valence-corrected chi connectivity index (χ3v) is 10.5. The second-order valence-electron chi connectivity index (χ2n) is 8.51. The van der Waals surface area contributed by atoms with Crippen molar-refractivity contribution >= 4 is 24.7 Å². The summed E-state index contributed by atoms with van der Waals surface area (Å²) < 4.78 is 17.7. The molecule has 0 aliphatic carbocycles. The normalized spacial score (nSPS) is 24.7. The molecule has 0 aromatic heterocycles. The maximum Gasteiger partial charge on any atom is 0.340 e. The molecular weight excluding hydrogens is 400 g/mol. The summed E-state index contributed by atoms with van der Waals surface area (Å²) in [6, 6.07) is 20.0. The lowest BCUT2D eigenvalue weighted by Crippen LogP contribution is -2.68. The van der Waals surface area contributed by atoms with Crippen molar-refractivity contribution in [1.82, 2.24) is 0 Å². The van der Waals surface area contributed by atoms with Gasteiger partial charge in [-0.25, -0.2) is 4.79 Å². The summed E-state index contributed by atoms with van der Waals surface area (Å²) in [6.45, 7) is 8.09. The Hall–Kier alpha value is -2.03. The van der Waals surface area contributed by atoms with E-state index in [-0.39, 0.29) is 18.3 Å². The summed E-state index contributed by atoms with van der Waals surface area (Å²) >= 11 is 0. The van der Waals surface area contributed by atoms with Crippen LogP contribution in [0.15, 0.2) is 60.7 Å². The molecule has 0 radical (unpaired) electrons. The quantitative estimate of drug-likeness (QED) is 0.512. The Bertz CT molecular complexity index is 812. The van der Waals surface area contributed by atoms with Crippen molar-refractivity contribution < 1.29 is 28.9 Å². The number of hydrogen-bond acceptors (Lipinski definition) is 6. The molecule has 1 aliphatic heterocycles. The maximum atomic E-state index is 12.0. The topological polar surface area (TPSA) is 85.2 Å². The molecule has 0 spiro atoms. The molecule has 1 aliphatic rings. The van der Waals surface area contributed by atoms with E-state index in [1.165, 1.54) is 0 Å². The lowest BCUT2D eigenvalue weighted by Gasteiger charge is -2.44. The molecule has 2 unspecified atom stereocenters. The highest BCUT2D eigenvalue weighted by Crippen LogP contribution is 2.39. The highest BCUT2D eigenvalue weighted by molar-refractivity contribution is 6.99. The third kappa shape index (κ3) is 3.83. The van der Waals surface area contributed by atoms with Crippen LogP contribution in [0, 0.1) is 0 Å². The smallest absolute Gasteiger partial charge is 0.340 e. The Morgan fingerprint density at radius 1 is 1.00 bits per heavy atom. The van der Waals surface area contributed by atoms with Crippen LogP contribution in [0.4, 0.5) is 0 Å². The van der Waals surface area contributed by atoms with E-state index < -0.39 is 32.3 Å². The molecule has 1 heterocycles. The van der Waals surface area contributed by atoms with E-state index in [9.17, 15) is 15.0 Å². The van der Waals surface area contributed by atoms with Gasteiger partial charge in [-0.15, -0.1) is 0 Å². The van der Waals surface area contributed by atoms with Crippen molar-refractivity contribution in [3.05, 3.63) is 60.7 Å². The summed E-state index contributed by atoms with van der Waals surface area (Å²) in [5.74, 6) is -2.67. The lowest BCUT2D eigenvalue weighted by atomic mass is 10.1. The van der Waals surface area contributed by atoms with Crippen LogP contribution in [0.1, 0.15) is 27.7 Å². The van der Waals surface area contributed by atoms with E-state index >= 15 is 0 Å². The van der Waals surface area contributed by atoms with Gasteiger partial charge in [-0.3, -0.25) is 0 Å². The van der Waals surface area contributed by atoms with Crippen LogP contribution in [-0.4, -0.2) is 55.7 Å². The number of cyclic esters (lactones) is 1. The number of esters is 1. The first-order chi connectivity index (χ1) is 14.2. The van der Waals surface area contributed by atoms with Crippen molar-refractivity contribution in [3.8, 4) is 0 Å². The summed E-state index contributed by atoms with van der Waals surface area (Å²) in [7, 11) is -2.93. The highest BCUT2D eigenvalue weighted by atomic mass is 28.4. The van der Waals surface area contributed by atoms with Gasteiger partial charge in [0, 0.05) is 6.61 Å². The molecule has 3 rings (SSSR count). The second kappa shape index (κ2) is 8.61. The van der Waals surface area contributed by atoms with Crippen LogP contribution in [0.2, 0.25) is 5.04 Å². The molecule has 0 saturated carbocycles. The minimum absolute atomic E-state index is 0.182. The Kier molecular flexibility index (Phi) is 6.50. The first-order valence-electron chi connectivity index (χ1n) is 10.2. The van der Waals surface area contributed by atoms with Crippen LogP contribution < -0.4 is 10.4 Å². The second-order valence-corrected chi connectivity index (χ2v) is 12.8. The molecule has 30 heavy (non-hydrogen) atoms. The predicted octanol–water partition coefficient (Wildman–Crippen LogP) is 1.57. The first-order valence-corrected chi connectivity index (χ1v) is 12.1. The molecule has 2 N–H and O–H groups in total. The van der Waals surface area contributed by atoms with E-state index in [2.05, 4.69) is 20.8 Å². The molecule has 0 bridgehead atoms. The van der Waals surface area contributed by atoms with Gasteiger partial charge in [-0.1, -0.05) is 81.4 Å². The zero-order valence-corrected chi connectivity index (χ0v) is 18.9. The van der Waals surface area contributed by atoms with Crippen molar-refractivity contribution in [1.29, 1.82) is 0 Å². The van der Waals surface area contributed by atoms with Crippen molar-refractivity contribution in [3.63, 3.8) is 0 Å². The minimum atomic E-state index is -2.93. The summed E-state index contributed by atoms with van der Waals surface area (Å²) in [5, 5.41) is 22.4.